The number of ether oxygens (including phenoxy) is 1. The third-order valence-electron chi connectivity index (χ3n) is 6.29. The lowest BCUT2D eigenvalue weighted by molar-refractivity contribution is 0.0869. The van der Waals surface area contributed by atoms with Gasteiger partial charge in [-0.3, -0.25) is 4.79 Å². The Morgan fingerprint density at radius 1 is 0.893 bits per heavy atom. The number of carbonyl (C=O) groups excluding carboxylic acids is 1. The van der Waals surface area contributed by atoms with Gasteiger partial charge in [0.05, 0.1) is 5.56 Å². The van der Waals surface area contributed by atoms with E-state index in [0.717, 1.165) is 16.9 Å². The summed E-state index contributed by atoms with van der Waals surface area (Å²) in [7, 11) is 0. The molecule has 5 nitrogen and oxygen atoms in total. The van der Waals surface area contributed by atoms with Crippen molar-refractivity contribution in [2.24, 2.45) is 0 Å². The Labute approximate surface area is 160 Å². The van der Waals surface area contributed by atoms with Crippen LogP contribution in [-0.4, -0.2) is 21.1 Å². The van der Waals surface area contributed by atoms with Crippen molar-refractivity contribution in [1.82, 2.24) is 0 Å². The van der Waals surface area contributed by atoms with E-state index < -0.39 is 0 Å². The molecule has 0 radical (unpaired) electrons. The number of phenolic OH excluding ortho intramolecular Hbond substituents is 3. The van der Waals surface area contributed by atoms with Crippen molar-refractivity contribution in [3.63, 3.8) is 0 Å². The van der Waals surface area contributed by atoms with Gasteiger partial charge in [0.1, 0.15) is 29.1 Å². The number of ketones is 1. The van der Waals surface area contributed by atoms with Crippen molar-refractivity contribution in [3.8, 4) is 34.1 Å². The van der Waals surface area contributed by atoms with Gasteiger partial charge in [-0.1, -0.05) is 24.3 Å². The van der Waals surface area contributed by atoms with Gasteiger partial charge in [-0.2, -0.15) is 0 Å². The molecular formula is C23H16O5. The van der Waals surface area contributed by atoms with Gasteiger partial charge in [-0.25, -0.2) is 0 Å². The van der Waals surface area contributed by atoms with Crippen molar-refractivity contribution in [2.75, 3.05) is 0 Å². The lowest BCUT2D eigenvalue weighted by Crippen LogP contribution is -2.36. The van der Waals surface area contributed by atoms with Gasteiger partial charge < -0.3 is 20.1 Å². The van der Waals surface area contributed by atoms with Crippen LogP contribution in [0.3, 0.4) is 0 Å². The molecule has 3 aromatic rings. The van der Waals surface area contributed by atoms with E-state index in [0.29, 0.717) is 16.7 Å². The van der Waals surface area contributed by atoms with Gasteiger partial charge in [-0.05, 0) is 34.9 Å². The van der Waals surface area contributed by atoms with Crippen molar-refractivity contribution in [3.05, 3.63) is 70.8 Å². The molecule has 2 aliphatic carbocycles. The first kappa shape index (κ1) is 15.6. The molecule has 0 bridgehead atoms. The summed E-state index contributed by atoms with van der Waals surface area (Å²) in [5.74, 6) is 0.0542. The molecule has 5 heteroatoms. The van der Waals surface area contributed by atoms with Crippen LogP contribution in [0.25, 0.3) is 11.1 Å². The predicted molar refractivity (Wildman–Crippen MR) is 101 cm³/mol. The fourth-order valence-electron chi connectivity index (χ4n) is 5.25. The largest absolute Gasteiger partial charge is 0.508 e. The average molecular weight is 372 g/mol. The fraction of sp³-hybridized carbons (Fsp3) is 0.174. The maximum absolute atomic E-state index is 13.0. The number of hydrogen-bond donors (Lipinski definition) is 3. The Morgan fingerprint density at radius 2 is 1.68 bits per heavy atom. The normalized spacial score (nSPS) is 23.3. The Hall–Kier alpha value is -3.47. The summed E-state index contributed by atoms with van der Waals surface area (Å²) in [6.07, 6.45) is -0.0873. The van der Waals surface area contributed by atoms with Crippen LogP contribution in [-0.2, 0) is 0 Å². The van der Waals surface area contributed by atoms with E-state index in [1.165, 1.54) is 6.07 Å². The molecule has 6 rings (SSSR count). The number of hydrogen-bond acceptors (Lipinski definition) is 5. The second-order valence-electron chi connectivity index (χ2n) is 7.69. The standard InChI is InChI=1S/C23H16O5/c24-10-5-6-12-13(7-10)19-16(26)9-17(27)21-15(25)8-14-11-3-1-2-4-18(11)28-23(12)20(14)22(19)21/h1-7,9,14,20,23-24,26-27H,8H2/t14-,20+,23+/m1/s1. The molecule has 3 aromatic carbocycles. The van der Waals surface area contributed by atoms with Gasteiger partial charge >= 0.3 is 0 Å². The monoisotopic (exact) mass is 372 g/mol. The van der Waals surface area contributed by atoms with Crippen LogP contribution in [0.15, 0.2) is 48.5 Å². The van der Waals surface area contributed by atoms with E-state index in [1.807, 2.05) is 30.3 Å². The van der Waals surface area contributed by atoms with E-state index in [-0.39, 0.29) is 53.0 Å². The molecule has 138 valence electrons. The fourth-order valence-corrected chi connectivity index (χ4v) is 5.25. The summed E-state index contributed by atoms with van der Waals surface area (Å²) in [5.41, 5.74) is 3.84. The summed E-state index contributed by atoms with van der Waals surface area (Å²) in [6.45, 7) is 0. The molecule has 0 saturated heterocycles. The molecule has 0 aromatic heterocycles. The highest BCUT2D eigenvalue weighted by atomic mass is 16.5. The Kier molecular flexibility index (Phi) is 2.82. The van der Waals surface area contributed by atoms with Crippen LogP contribution in [0.1, 0.15) is 51.4 Å². The van der Waals surface area contributed by atoms with Crippen LogP contribution in [0.5, 0.6) is 23.0 Å². The van der Waals surface area contributed by atoms with Crippen molar-refractivity contribution < 1.29 is 24.9 Å². The van der Waals surface area contributed by atoms with Gasteiger partial charge in [0, 0.05) is 35.4 Å². The number of aromatic hydroxyl groups is 3. The quantitative estimate of drug-likeness (QED) is 0.545. The maximum atomic E-state index is 13.0. The van der Waals surface area contributed by atoms with E-state index in [2.05, 4.69) is 0 Å². The van der Waals surface area contributed by atoms with E-state index in [1.54, 1.807) is 12.1 Å². The zero-order valence-corrected chi connectivity index (χ0v) is 14.7. The highest BCUT2D eigenvalue weighted by Gasteiger charge is 2.51. The second-order valence-corrected chi connectivity index (χ2v) is 7.69. The molecule has 3 N–H and O–H groups in total. The highest BCUT2D eigenvalue weighted by molar-refractivity contribution is 6.05. The molecule has 0 unspecified atom stereocenters. The Balaban J connectivity index is 1.76. The molecule has 0 amide bonds. The summed E-state index contributed by atoms with van der Waals surface area (Å²) >= 11 is 0. The smallest absolute Gasteiger partial charge is 0.167 e. The zero-order valence-electron chi connectivity index (χ0n) is 14.7. The maximum Gasteiger partial charge on any atom is 0.167 e. The van der Waals surface area contributed by atoms with Crippen molar-refractivity contribution in [1.29, 1.82) is 0 Å². The molecule has 3 atom stereocenters. The third-order valence-corrected chi connectivity index (χ3v) is 6.29. The first-order chi connectivity index (χ1) is 13.5. The molecule has 0 fully saturated rings. The average Bonchev–Trinajstić information content (AvgIpc) is 2.67. The number of carbonyl (C=O) groups is 1. The lowest BCUT2D eigenvalue weighted by atomic mass is 9.61. The van der Waals surface area contributed by atoms with Crippen LogP contribution >= 0.6 is 0 Å². The minimum absolute atomic E-state index is 0.0633. The minimum Gasteiger partial charge on any atom is -0.508 e. The first-order valence-electron chi connectivity index (χ1n) is 9.25. The third kappa shape index (κ3) is 1.78. The molecule has 3 aliphatic rings. The summed E-state index contributed by atoms with van der Waals surface area (Å²) < 4.78 is 6.38. The second kappa shape index (κ2) is 5.07. The van der Waals surface area contributed by atoms with Crippen molar-refractivity contribution in [2.45, 2.75) is 24.4 Å². The van der Waals surface area contributed by atoms with Crippen molar-refractivity contribution >= 4 is 5.78 Å². The lowest BCUT2D eigenvalue weighted by Gasteiger charge is -2.47. The number of benzene rings is 3. The van der Waals surface area contributed by atoms with E-state index >= 15 is 0 Å². The van der Waals surface area contributed by atoms with E-state index in [9.17, 15) is 20.1 Å². The van der Waals surface area contributed by atoms with Gasteiger partial charge in [-0.15, -0.1) is 0 Å². The van der Waals surface area contributed by atoms with Gasteiger partial charge in [0.25, 0.3) is 0 Å². The summed E-state index contributed by atoms with van der Waals surface area (Å²) in [4.78, 5) is 13.0. The topological polar surface area (TPSA) is 87.0 Å². The first-order valence-corrected chi connectivity index (χ1v) is 9.25. The van der Waals surface area contributed by atoms with Crippen LogP contribution in [0, 0.1) is 0 Å². The summed E-state index contributed by atoms with van der Waals surface area (Å²) in [5, 5.41) is 31.2. The molecule has 1 heterocycles. The molecule has 28 heavy (non-hydrogen) atoms. The SMILES string of the molecule is O=C1C[C@@H]2c3ccccc3O[C@H]3c4ccc(O)cc4-c4c(O)cc(O)c1c4[C@H]23. The number of phenols is 3. The summed E-state index contributed by atoms with van der Waals surface area (Å²) in [6, 6.07) is 13.9. The molecule has 0 spiro atoms. The minimum atomic E-state index is -0.365. The Morgan fingerprint density at radius 3 is 2.54 bits per heavy atom. The molecule has 1 aliphatic heterocycles. The van der Waals surface area contributed by atoms with Crippen LogP contribution < -0.4 is 4.74 Å². The predicted octanol–water partition coefficient (Wildman–Crippen LogP) is 4.37. The number of Topliss-reactive ketones (excluding diaryl/α,β-unsaturated/α-hetero) is 1. The number of rotatable bonds is 0. The molecule has 0 saturated carbocycles. The van der Waals surface area contributed by atoms with E-state index in [4.69, 9.17) is 4.74 Å². The zero-order chi connectivity index (χ0) is 19.2. The number of fused-ring (bicyclic) bond motifs is 5. The van der Waals surface area contributed by atoms with Gasteiger partial charge in [0.2, 0.25) is 0 Å². The highest BCUT2D eigenvalue weighted by Crippen LogP contribution is 2.63. The van der Waals surface area contributed by atoms with Crippen LogP contribution in [0.2, 0.25) is 0 Å². The molecular weight excluding hydrogens is 356 g/mol. The Bertz CT molecular complexity index is 1200. The van der Waals surface area contributed by atoms with Crippen LogP contribution in [0.4, 0.5) is 0 Å². The van der Waals surface area contributed by atoms with Gasteiger partial charge in [0.15, 0.2) is 5.78 Å². The number of para-hydroxylation sites is 1.